The number of hydrogen-bond acceptors (Lipinski definition) is 2. The molecule has 6 heteroatoms. The SMILES string of the molecule is CC1(C)NC(=O)O[C@H]1c1ccc(C(F)(F)F)cc1. The second kappa shape index (κ2) is 3.90. The molecule has 2 rings (SSSR count). The van der Waals surface area contributed by atoms with Crippen LogP contribution in [0.1, 0.15) is 31.1 Å². The van der Waals surface area contributed by atoms with Crippen molar-refractivity contribution in [3.05, 3.63) is 35.4 Å². The van der Waals surface area contributed by atoms with Crippen LogP contribution in [0.25, 0.3) is 0 Å². The van der Waals surface area contributed by atoms with E-state index in [0.717, 1.165) is 12.1 Å². The Hall–Kier alpha value is -1.72. The largest absolute Gasteiger partial charge is 0.439 e. The molecule has 1 heterocycles. The molecule has 0 aliphatic carbocycles. The molecule has 3 nitrogen and oxygen atoms in total. The first-order valence-corrected chi connectivity index (χ1v) is 5.36. The fourth-order valence-corrected chi connectivity index (χ4v) is 1.94. The van der Waals surface area contributed by atoms with Crippen molar-refractivity contribution in [1.82, 2.24) is 5.32 Å². The Bertz CT molecular complexity index is 465. The quantitative estimate of drug-likeness (QED) is 0.840. The van der Waals surface area contributed by atoms with Gasteiger partial charge in [-0.15, -0.1) is 0 Å². The van der Waals surface area contributed by atoms with Gasteiger partial charge in [0.15, 0.2) is 6.10 Å². The molecule has 0 spiro atoms. The van der Waals surface area contributed by atoms with Crippen LogP contribution in [0.4, 0.5) is 18.0 Å². The predicted octanol–water partition coefficient (Wildman–Crippen LogP) is 3.26. The summed E-state index contributed by atoms with van der Waals surface area (Å²) in [6.45, 7) is 3.50. The highest BCUT2D eigenvalue weighted by molar-refractivity contribution is 5.71. The number of nitrogens with one attached hydrogen (secondary N) is 1. The summed E-state index contributed by atoms with van der Waals surface area (Å²) in [7, 11) is 0. The molecule has 1 aliphatic rings. The van der Waals surface area contributed by atoms with Gasteiger partial charge in [-0.05, 0) is 31.5 Å². The predicted molar refractivity (Wildman–Crippen MR) is 57.9 cm³/mol. The van der Waals surface area contributed by atoms with Crippen LogP contribution in [-0.2, 0) is 10.9 Å². The van der Waals surface area contributed by atoms with Crippen LogP contribution in [0.15, 0.2) is 24.3 Å². The zero-order valence-electron chi connectivity index (χ0n) is 9.84. The third-order valence-electron chi connectivity index (χ3n) is 2.85. The number of alkyl halides is 3. The van der Waals surface area contributed by atoms with Crippen molar-refractivity contribution >= 4 is 6.09 Å². The van der Waals surface area contributed by atoms with Gasteiger partial charge in [0.1, 0.15) is 0 Å². The van der Waals surface area contributed by atoms with E-state index in [1.54, 1.807) is 13.8 Å². The minimum absolute atomic E-state index is 0.534. The molecule has 1 fully saturated rings. The summed E-state index contributed by atoms with van der Waals surface area (Å²) in [5, 5.41) is 2.60. The summed E-state index contributed by atoms with van der Waals surface area (Å²) in [5.41, 5.74) is -0.829. The lowest BCUT2D eigenvalue weighted by molar-refractivity contribution is -0.137. The molecule has 0 radical (unpaired) electrons. The normalized spacial score (nSPS) is 22.5. The Kier molecular flexibility index (Phi) is 2.76. The van der Waals surface area contributed by atoms with Gasteiger partial charge in [0.25, 0.3) is 0 Å². The molecular weight excluding hydrogens is 247 g/mol. The van der Waals surface area contributed by atoms with E-state index in [0.29, 0.717) is 5.56 Å². The third-order valence-corrected chi connectivity index (χ3v) is 2.85. The van der Waals surface area contributed by atoms with E-state index in [1.807, 2.05) is 0 Å². The number of carbonyl (C=O) groups excluding carboxylic acids is 1. The van der Waals surface area contributed by atoms with E-state index in [-0.39, 0.29) is 0 Å². The van der Waals surface area contributed by atoms with Crippen molar-refractivity contribution < 1.29 is 22.7 Å². The first kappa shape index (κ1) is 12.7. The minimum atomic E-state index is -4.36. The van der Waals surface area contributed by atoms with Gasteiger partial charge in [0, 0.05) is 0 Å². The van der Waals surface area contributed by atoms with Crippen molar-refractivity contribution in [1.29, 1.82) is 0 Å². The number of amides is 1. The van der Waals surface area contributed by atoms with Crippen molar-refractivity contribution in [3.63, 3.8) is 0 Å². The van der Waals surface area contributed by atoms with E-state index in [9.17, 15) is 18.0 Å². The topological polar surface area (TPSA) is 38.3 Å². The number of halogens is 3. The lowest BCUT2D eigenvalue weighted by atomic mass is 9.92. The van der Waals surface area contributed by atoms with Gasteiger partial charge in [0.05, 0.1) is 11.1 Å². The summed E-state index contributed by atoms with van der Waals surface area (Å²) >= 11 is 0. The van der Waals surface area contributed by atoms with Crippen LogP contribution in [0, 0.1) is 0 Å². The Balaban J connectivity index is 2.28. The highest BCUT2D eigenvalue weighted by Crippen LogP contribution is 2.36. The van der Waals surface area contributed by atoms with E-state index >= 15 is 0 Å². The number of carbonyl (C=O) groups is 1. The van der Waals surface area contributed by atoms with Crippen molar-refractivity contribution in [2.24, 2.45) is 0 Å². The van der Waals surface area contributed by atoms with Gasteiger partial charge in [-0.2, -0.15) is 13.2 Å². The number of hydrogen-bond donors (Lipinski definition) is 1. The fourth-order valence-electron chi connectivity index (χ4n) is 1.94. The first-order valence-electron chi connectivity index (χ1n) is 5.36. The molecular formula is C12H12F3NO2. The molecule has 1 amide bonds. The fraction of sp³-hybridized carbons (Fsp3) is 0.417. The molecule has 1 aromatic rings. The van der Waals surface area contributed by atoms with E-state index in [4.69, 9.17) is 4.74 Å². The number of cyclic esters (lactones) is 1. The van der Waals surface area contributed by atoms with Crippen molar-refractivity contribution in [2.75, 3.05) is 0 Å². The molecule has 18 heavy (non-hydrogen) atoms. The van der Waals surface area contributed by atoms with Gasteiger partial charge in [0.2, 0.25) is 0 Å². The number of ether oxygens (including phenoxy) is 1. The van der Waals surface area contributed by atoms with Crippen LogP contribution in [-0.4, -0.2) is 11.6 Å². The highest BCUT2D eigenvalue weighted by Gasteiger charge is 2.42. The molecule has 0 unspecified atom stereocenters. The van der Waals surface area contributed by atoms with Crippen molar-refractivity contribution in [2.45, 2.75) is 31.7 Å². The second-order valence-corrected chi connectivity index (χ2v) is 4.75. The smallest absolute Gasteiger partial charge is 0.416 e. The third kappa shape index (κ3) is 2.27. The van der Waals surface area contributed by atoms with Crippen LogP contribution >= 0.6 is 0 Å². The summed E-state index contributed by atoms with van der Waals surface area (Å²) in [5.74, 6) is 0. The van der Waals surface area contributed by atoms with Gasteiger partial charge < -0.3 is 10.1 Å². The van der Waals surface area contributed by atoms with E-state index in [2.05, 4.69) is 5.32 Å². The Labute approximate surface area is 102 Å². The molecule has 0 saturated carbocycles. The molecule has 98 valence electrons. The lowest BCUT2D eigenvalue weighted by Gasteiger charge is -2.23. The monoisotopic (exact) mass is 259 g/mol. The van der Waals surface area contributed by atoms with Crippen LogP contribution in [0.2, 0.25) is 0 Å². The number of alkyl carbamates (subject to hydrolysis) is 1. The molecule has 0 aromatic heterocycles. The van der Waals surface area contributed by atoms with Crippen molar-refractivity contribution in [3.8, 4) is 0 Å². The molecule has 1 N–H and O–H groups in total. The Morgan fingerprint density at radius 2 is 1.78 bits per heavy atom. The van der Waals surface area contributed by atoms with Gasteiger partial charge >= 0.3 is 12.3 Å². The second-order valence-electron chi connectivity index (χ2n) is 4.75. The Morgan fingerprint density at radius 1 is 1.22 bits per heavy atom. The summed E-state index contributed by atoms with van der Waals surface area (Å²) in [6, 6.07) is 4.63. The van der Waals surface area contributed by atoms with Crippen LogP contribution in [0.3, 0.4) is 0 Å². The van der Waals surface area contributed by atoms with Crippen LogP contribution in [0.5, 0.6) is 0 Å². The van der Waals surface area contributed by atoms with Gasteiger partial charge in [-0.3, -0.25) is 0 Å². The van der Waals surface area contributed by atoms with Gasteiger partial charge in [-0.25, -0.2) is 4.79 Å². The number of benzene rings is 1. The van der Waals surface area contributed by atoms with E-state index in [1.165, 1.54) is 12.1 Å². The maximum atomic E-state index is 12.4. The zero-order valence-corrected chi connectivity index (χ0v) is 9.84. The standard InChI is InChI=1S/C12H12F3NO2/c1-11(2)9(18-10(17)16-11)7-3-5-8(6-4-7)12(13,14)15/h3-6,9H,1-2H3,(H,16,17)/t9-/m0/s1. The molecule has 0 bridgehead atoms. The zero-order chi connectivity index (χ0) is 13.6. The molecule has 1 aromatic carbocycles. The Morgan fingerprint density at radius 3 is 2.17 bits per heavy atom. The minimum Gasteiger partial charge on any atom is -0.439 e. The molecule has 1 saturated heterocycles. The summed E-state index contributed by atoms with van der Waals surface area (Å²) < 4.78 is 42.3. The van der Waals surface area contributed by atoms with Gasteiger partial charge in [-0.1, -0.05) is 12.1 Å². The highest BCUT2D eigenvalue weighted by atomic mass is 19.4. The lowest BCUT2D eigenvalue weighted by Crippen LogP contribution is -2.38. The average Bonchev–Trinajstić information content (AvgIpc) is 2.51. The molecule has 1 aliphatic heterocycles. The van der Waals surface area contributed by atoms with Crippen LogP contribution < -0.4 is 5.32 Å². The average molecular weight is 259 g/mol. The number of rotatable bonds is 1. The first-order chi connectivity index (χ1) is 8.20. The summed E-state index contributed by atoms with van der Waals surface area (Å²) in [4.78, 5) is 11.2. The summed E-state index contributed by atoms with van der Waals surface area (Å²) in [6.07, 6.45) is -5.52. The van der Waals surface area contributed by atoms with E-state index < -0.39 is 29.5 Å². The molecule has 1 atom stereocenters. The maximum Gasteiger partial charge on any atom is 0.416 e. The maximum absolute atomic E-state index is 12.4.